The highest BCUT2D eigenvalue weighted by atomic mass is 28.2. The number of imidazole rings is 1. The maximum atomic E-state index is 4.48. The van der Waals surface area contributed by atoms with Gasteiger partial charge in [0.2, 0.25) is 6.71 Å². The highest BCUT2D eigenvalue weighted by molar-refractivity contribution is 6.95. The van der Waals surface area contributed by atoms with Gasteiger partial charge >= 0.3 is 0 Å². The molecule has 6 aromatic carbocycles. The Morgan fingerprint density at radius 2 is 0.923 bits per heavy atom. The number of hydrogen-bond acceptors (Lipinski definition) is 1. The van der Waals surface area contributed by atoms with Crippen molar-refractivity contribution < 1.29 is 0 Å². The third kappa shape index (κ3) is 9.18. The Labute approximate surface area is 314 Å². The Bertz CT molecular complexity index is 1850. The lowest BCUT2D eigenvalue weighted by Crippen LogP contribution is -2.51. The maximum absolute atomic E-state index is 4.48. The van der Waals surface area contributed by atoms with Crippen molar-refractivity contribution in [3.63, 3.8) is 0 Å². The Morgan fingerprint density at radius 1 is 0.519 bits per heavy atom. The first-order valence-electron chi connectivity index (χ1n) is 19.1. The molecule has 52 heavy (non-hydrogen) atoms. The fourth-order valence-corrected chi connectivity index (χ4v) is 9.65. The lowest BCUT2D eigenvalue weighted by atomic mass is 9.37. The molecular formula is C48H51BN2Si. The molecule has 1 aromatic heterocycles. The number of benzene rings is 6. The summed E-state index contributed by atoms with van der Waals surface area (Å²) < 4.78 is 2.36. The van der Waals surface area contributed by atoms with Crippen LogP contribution in [-0.4, -0.2) is 25.8 Å². The largest absolute Gasteiger partial charge is 0.326 e. The minimum absolute atomic E-state index is 0.218. The van der Waals surface area contributed by atoms with E-state index in [1.807, 2.05) is 12.5 Å². The van der Waals surface area contributed by atoms with Gasteiger partial charge in [0.25, 0.3) is 0 Å². The fraction of sp³-hybridized carbons (Fsp3) is 0.188. The topological polar surface area (TPSA) is 17.8 Å². The Balaban J connectivity index is 0.000000206. The second kappa shape index (κ2) is 18.9. The molecule has 0 saturated carbocycles. The van der Waals surface area contributed by atoms with E-state index in [9.17, 15) is 0 Å². The maximum Gasteiger partial charge on any atom is 0.241 e. The number of unbranched alkanes of at least 4 members (excludes halogenated alkanes) is 2. The van der Waals surface area contributed by atoms with Crippen LogP contribution in [0, 0.1) is 0 Å². The van der Waals surface area contributed by atoms with Gasteiger partial charge in [-0.15, -0.1) is 0 Å². The van der Waals surface area contributed by atoms with Crippen molar-refractivity contribution >= 4 is 37.8 Å². The molecule has 0 saturated heterocycles. The van der Waals surface area contributed by atoms with Gasteiger partial charge in [-0.25, -0.2) is 4.98 Å². The van der Waals surface area contributed by atoms with Gasteiger partial charge in [0.05, 0.1) is 21.0 Å². The lowest BCUT2D eigenvalue weighted by molar-refractivity contribution is 0.596. The summed E-state index contributed by atoms with van der Waals surface area (Å²) in [6, 6.07) is 61.9. The van der Waals surface area contributed by atoms with Crippen molar-refractivity contribution in [1.29, 1.82) is 0 Å². The SMILES string of the molecule is CCCCc1ccc(C([SiH2]c2ccccc2)(c2ccc(CCCC)cc2)n2ccnc2)cc1.c1ccc(B(c2ccccc2)c2ccccc2)cc1. The van der Waals surface area contributed by atoms with Gasteiger partial charge in [-0.05, 0) is 47.9 Å². The molecule has 0 bridgehead atoms. The molecule has 0 aliphatic heterocycles. The van der Waals surface area contributed by atoms with Crippen LogP contribution in [0.2, 0.25) is 0 Å². The lowest BCUT2D eigenvalue weighted by Gasteiger charge is -2.37. The molecule has 0 aliphatic carbocycles. The zero-order valence-electron chi connectivity index (χ0n) is 30.8. The summed E-state index contributed by atoms with van der Waals surface area (Å²) >= 11 is 0. The summed E-state index contributed by atoms with van der Waals surface area (Å²) in [6.07, 6.45) is 13.3. The number of hydrogen-bond donors (Lipinski definition) is 0. The van der Waals surface area contributed by atoms with Gasteiger partial charge < -0.3 is 4.57 Å². The summed E-state index contributed by atoms with van der Waals surface area (Å²) in [7, 11) is -0.803. The van der Waals surface area contributed by atoms with Crippen LogP contribution in [0.15, 0.2) is 189 Å². The monoisotopic (exact) mass is 694 g/mol. The van der Waals surface area contributed by atoms with Crippen LogP contribution in [-0.2, 0) is 18.0 Å². The second-order valence-corrected chi connectivity index (χ2v) is 16.0. The Kier molecular flexibility index (Phi) is 13.3. The van der Waals surface area contributed by atoms with Crippen molar-refractivity contribution in [1.82, 2.24) is 9.55 Å². The minimum atomic E-state index is -0.803. The van der Waals surface area contributed by atoms with Crippen LogP contribution >= 0.6 is 0 Å². The summed E-state index contributed by atoms with van der Waals surface area (Å²) in [4.78, 5) is 4.48. The van der Waals surface area contributed by atoms with Crippen LogP contribution < -0.4 is 21.6 Å². The van der Waals surface area contributed by atoms with Crippen molar-refractivity contribution in [3.05, 3.63) is 211 Å². The first-order chi connectivity index (χ1) is 25.7. The van der Waals surface area contributed by atoms with Crippen molar-refractivity contribution in [2.75, 3.05) is 0 Å². The standard InChI is InChI=1S/C30H36N2Si.C18H15B/c1-3-5-10-25-14-18-27(19-15-25)30(32-23-22-31-24-32,33-29-12-8-7-9-13-29)28-20-16-26(17-21-28)11-6-4-2;1-4-10-16(11-5-1)19(17-12-6-2-7-13-17)18-14-8-3-9-15-18/h7-9,12-24H,3-6,10-11,33H2,1-2H3;1-15H. The highest BCUT2D eigenvalue weighted by Gasteiger charge is 2.36. The van der Waals surface area contributed by atoms with E-state index in [0.29, 0.717) is 6.71 Å². The summed E-state index contributed by atoms with van der Waals surface area (Å²) in [5, 5.41) is 1.24. The van der Waals surface area contributed by atoms with E-state index in [0.717, 1.165) is 12.8 Å². The zero-order valence-corrected chi connectivity index (χ0v) is 32.2. The molecule has 0 aliphatic rings. The normalized spacial score (nSPS) is 11.3. The van der Waals surface area contributed by atoms with Gasteiger partial charge in [-0.2, -0.15) is 0 Å². The number of aromatic nitrogens is 2. The molecule has 0 spiro atoms. The van der Waals surface area contributed by atoms with Gasteiger partial charge in [0.1, 0.15) is 0 Å². The van der Waals surface area contributed by atoms with Crippen LogP contribution in [0.5, 0.6) is 0 Å². The minimum Gasteiger partial charge on any atom is -0.326 e. The molecule has 4 heteroatoms. The molecule has 0 unspecified atom stereocenters. The molecule has 1 heterocycles. The van der Waals surface area contributed by atoms with Crippen LogP contribution in [0.4, 0.5) is 0 Å². The van der Waals surface area contributed by atoms with E-state index in [1.165, 1.54) is 69.5 Å². The molecule has 7 aromatic rings. The molecule has 0 atom stereocenters. The Hall–Kier alpha value is -5.19. The number of rotatable bonds is 14. The van der Waals surface area contributed by atoms with E-state index in [4.69, 9.17) is 0 Å². The molecule has 7 rings (SSSR count). The van der Waals surface area contributed by atoms with Gasteiger partial charge in [-0.1, -0.05) is 218 Å². The van der Waals surface area contributed by atoms with Gasteiger partial charge in [0, 0.05) is 12.4 Å². The first kappa shape index (κ1) is 36.6. The molecule has 0 radical (unpaired) electrons. The third-order valence-electron chi connectivity index (χ3n) is 10.1. The summed E-state index contributed by atoms with van der Waals surface area (Å²) in [6.45, 7) is 4.82. The van der Waals surface area contributed by atoms with Crippen LogP contribution in [0.25, 0.3) is 0 Å². The van der Waals surface area contributed by atoms with Crippen molar-refractivity contribution in [2.45, 2.75) is 57.5 Å². The zero-order chi connectivity index (χ0) is 35.9. The van der Waals surface area contributed by atoms with Crippen molar-refractivity contribution in [2.24, 2.45) is 0 Å². The quantitative estimate of drug-likeness (QED) is 0.106. The van der Waals surface area contributed by atoms with E-state index < -0.39 is 9.52 Å². The molecule has 0 N–H and O–H groups in total. The van der Waals surface area contributed by atoms with E-state index in [1.54, 1.807) is 0 Å². The smallest absolute Gasteiger partial charge is 0.241 e. The van der Waals surface area contributed by atoms with E-state index >= 15 is 0 Å². The van der Waals surface area contributed by atoms with E-state index in [2.05, 4.69) is 199 Å². The van der Waals surface area contributed by atoms with E-state index in [-0.39, 0.29) is 5.16 Å². The molecule has 2 nitrogen and oxygen atoms in total. The Morgan fingerprint density at radius 3 is 1.29 bits per heavy atom. The van der Waals surface area contributed by atoms with Crippen LogP contribution in [0.1, 0.15) is 61.8 Å². The van der Waals surface area contributed by atoms with Gasteiger partial charge in [-0.3, -0.25) is 0 Å². The number of aryl methyl sites for hydroxylation is 2. The summed E-state index contributed by atoms with van der Waals surface area (Å²) in [5.74, 6) is 0. The summed E-state index contributed by atoms with van der Waals surface area (Å²) in [5.41, 5.74) is 9.57. The molecular weight excluding hydrogens is 643 g/mol. The predicted molar refractivity (Wildman–Crippen MR) is 227 cm³/mol. The average Bonchev–Trinajstić information content (AvgIpc) is 3.77. The van der Waals surface area contributed by atoms with Crippen LogP contribution in [0.3, 0.4) is 0 Å². The molecule has 0 amide bonds. The second-order valence-electron chi connectivity index (χ2n) is 13.8. The molecule has 260 valence electrons. The molecule has 0 fully saturated rings. The third-order valence-corrected chi connectivity index (χ3v) is 12.7. The predicted octanol–water partition coefficient (Wildman–Crippen LogP) is 8.01. The average molecular weight is 695 g/mol. The first-order valence-corrected chi connectivity index (χ1v) is 20.5. The van der Waals surface area contributed by atoms with Gasteiger partial charge in [0.15, 0.2) is 0 Å². The number of nitrogens with zero attached hydrogens (tertiary/aromatic N) is 2. The fourth-order valence-electron chi connectivity index (χ4n) is 7.31. The highest BCUT2D eigenvalue weighted by Crippen LogP contribution is 2.34. The van der Waals surface area contributed by atoms with Crippen molar-refractivity contribution in [3.8, 4) is 0 Å².